The van der Waals surface area contributed by atoms with Crippen LogP contribution in [-0.4, -0.2) is 44.3 Å². The average molecular weight is 470 g/mol. The van der Waals surface area contributed by atoms with Crippen molar-refractivity contribution in [1.29, 1.82) is 0 Å². The number of carboxylic acids is 4. The molecule has 0 saturated heterocycles. The Kier molecular flexibility index (Phi) is 6.86. The van der Waals surface area contributed by atoms with Crippen molar-refractivity contribution in [2.45, 2.75) is 19.6 Å². The fraction of sp³-hybridized carbons (Fsp3) is 0. The number of aromatic carboxylic acids is 4. The van der Waals surface area contributed by atoms with Gasteiger partial charge in [-0.15, -0.1) is 0 Å². The van der Waals surface area contributed by atoms with Crippen LogP contribution in [0.2, 0.25) is 0 Å². The van der Waals surface area contributed by atoms with Crippen molar-refractivity contribution in [2.75, 3.05) is 0 Å². The topological polar surface area (TPSA) is 149 Å². The molecule has 0 aliphatic heterocycles. The van der Waals surface area contributed by atoms with E-state index in [0.717, 1.165) is 35.7 Å². The number of hydrogen-bond acceptors (Lipinski definition) is 6. The molecule has 0 bridgehead atoms. The van der Waals surface area contributed by atoms with Crippen LogP contribution in [0.1, 0.15) is 41.4 Å². The van der Waals surface area contributed by atoms with Crippen molar-refractivity contribution < 1.29 is 39.6 Å². The molecule has 0 unspecified atom stereocenters. The van der Waals surface area contributed by atoms with Gasteiger partial charge in [0, 0.05) is 19.6 Å². The van der Waals surface area contributed by atoms with Crippen LogP contribution in [0.5, 0.6) is 0 Å². The van der Waals surface area contributed by atoms with E-state index in [1.54, 1.807) is 12.1 Å². The fourth-order valence-corrected chi connectivity index (χ4v) is 4.93. The van der Waals surface area contributed by atoms with Crippen molar-refractivity contribution >= 4 is 47.4 Å². The third-order valence-electron chi connectivity index (χ3n) is 4.22. The third kappa shape index (κ3) is 4.93. The fourth-order valence-electron chi connectivity index (χ4n) is 2.76. The molecule has 0 aromatic heterocycles. The van der Waals surface area contributed by atoms with Gasteiger partial charge in [0.25, 0.3) is 0 Å². The van der Waals surface area contributed by atoms with Gasteiger partial charge in [-0.3, -0.25) is 0 Å². The molecule has 0 aliphatic rings. The van der Waals surface area contributed by atoms with E-state index in [0.29, 0.717) is 0 Å². The Morgan fingerprint density at radius 3 is 1.09 bits per heavy atom. The molecule has 0 spiro atoms. The summed E-state index contributed by atoms with van der Waals surface area (Å²) in [6, 6.07) is 14.2. The lowest BCUT2D eigenvalue weighted by molar-refractivity contribution is 0.0675. The first-order chi connectivity index (χ1) is 15.2. The van der Waals surface area contributed by atoms with Crippen molar-refractivity contribution in [3.05, 3.63) is 82.9 Å². The highest BCUT2D eigenvalue weighted by molar-refractivity contribution is 8.00. The molecule has 3 aromatic rings. The van der Waals surface area contributed by atoms with E-state index in [4.69, 9.17) is 0 Å². The lowest BCUT2D eigenvalue weighted by Crippen LogP contribution is -2.06. The summed E-state index contributed by atoms with van der Waals surface area (Å²) in [5, 5.41) is 38.1. The third-order valence-corrected chi connectivity index (χ3v) is 6.48. The highest BCUT2D eigenvalue weighted by Gasteiger charge is 2.23. The molecule has 0 aliphatic carbocycles. The minimum Gasteiger partial charge on any atom is -0.478 e. The molecule has 162 valence electrons. The maximum Gasteiger partial charge on any atom is 0.336 e. The molecule has 8 nitrogen and oxygen atoms in total. The lowest BCUT2D eigenvalue weighted by atomic mass is 10.1. The van der Waals surface area contributed by atoms with Crippen LogP contribution in [0.25, 0.3) is 0 Å². The molecule has 0 radical (unpaired) electrons. The summed E-state index contributed by atoms with van der Waals surface area (Å²) in [6.45, 7) is 0. The molecule has 0 amide bonds. The Morgan fingerprint density at radius 1 is 0.469 bits per heavy atom. The summed E-state index contributed by atoms with van der Waals surface area (Å²) in [4.78, 5) is 47.3. The predicted octanol–water partition coefficient (Wildman–Crippen LogP) is 4.78. The second kappa shape index (κ2) is 9.58. The van der Waals surface area contributed by atoms with Crippen LogP contribution >= 0.6 is 23.5 Å². The van der Waals surface area contributed by atoms with E-state index in [1.165, 1.54) is 36.4 Å². The van der Waals surface area contributed by atoms with E-state index in [9.17, 15) is 39.6 Å². The van der Waals surface area contributed by atoms with Gasteiger partial charge < -0.3 is 20.4 Å². The Hall–Kier alpha value is -3.76. The molecule has 0 saturated carbocycles. The molecule has 3 rings (SSSR count). The minimum atomic E-state index is -1.34. The lowest BCUT2D eigenvalue weighted by Gasteiger charge is -2.14. The van der Waals surface area contributed by atoms with E-state index >= 15 is 0 Å². The molecule has 4 N–H and O–H groups in total. The molecule has 3 aromatic carbocycles. The van der Waals surface area contributed by atoms with E-state index < -0.39 is 23.9 Å². The first-order valence-corrected chi connectivity index (χ1v) is 10.5. The number of hydrogen-bond donors (Lipinski definition) is 4. The second-order valence-electron chi connectivity index (χ2n) is 6.26. The zero-order valence-corrected chi connectivity index (χ0v) is 17.6. The Balaban J connectivity index is 2.14. The van der Waals surface area contributed by atoms with E-state index in [2.05, 4.69) is 0 Å². The van der Waals surface area contributed by atoms with Gasteiger partial charge in [-0.25, -0.2) is 19.2 Å². The summed E-state index contributed by atoms with van der Waals surface area (Å²) < 4.78 is 0. The van der Waals surface area contributed by atoms with Crippen molar-refractivity contribution in [1.82, 2.24) is 0 Å². The molecule has 10 heteroatoms. The van der Waals surface area contributed by atoms with Crippen molar-refractivity contribution in [2.24, 2.45) is 0 Å². The SMILES string of the molecule is O=C(O)c1ccccc1Sc1cc(C(=O)O)c(Sc2ccccc2C(=O)O)cc1C(=O)O. The van der Waals surface area contributed by atoms with Gasteiger partial charge in [0.1, 0.15) is 0 Å². The standard InChI is InChI=1S/C22H14O8S2/c23-19(24)11-5-1-3-7-15(11)31-17-9-14(22(29)30)18(10-13(17)21(27)28)32-16-8-4-2-6-12(16)20(25)26/h1-10H,(H,23,24)(H,25,26)(H,27,28)(H,29,30). The van der Waals surface area contributed by atoms with Crippen LogP contribution in [0.3, 0.4) is 0 Å². The molecule has 0 heterocycles. The molecule has 0 atom stereocenters. The molecular formula is C22H14O8S2. The van der Waals surface area contributed by atoms with Gasteiger partial charge in [-0.2, -0.15) is 0 Å². The summed E-state index contributed by atoms with van der Waals surface area (Å²) in [5.41, 5.74) is -0.593. The van der Waals surface area contributed by atoms with Gasteiger partial charge in [-0.1, -0.05) is 47.8 Å². The van der Waals surface area contributed by atoms with Crippen LogP contribution in [0.15, 0.2) is 80.2 Å². The van der Waals surface area contributed by atoms with Crippen LogP contribution in [-0.2, 0) is 0 Å². The Labute approximate surface area is 189 Å². The quantitative estimate of drug-likeness (QED) is 0.362. The monoisotopic (exact) mass is 470 g/mol. The van der Waals surface area contributed by atoms with Gasteiger partial charge in [-0.05, 0) is 36.4 Å². The number of carbonyl (C=O) groups is 4. The van der Waals surface area contributed by atoms with Crippen molar-refractivity contribution in [3.8, 4) is 0 Å². The maximum atomic E-state index is 11.9. The minimum absolute atomic E-state index is 0.0412. The first kappa shape index (κ1) is 22.9. The highest BCUT2D eigenvalue weighted by atomic mass is 32.2. The number of benzene rings is 3. The van der Waals surface area contributed by atoms with E-state index in [-0.39, 0.29) is 41.8 Å². The summed E-state index contributed by atoms with van der Waals surface area (Å²) in [5.74, 6) is -5.10. The zero-order valence-electron chi connectivity index (χ0n) is 16.0. The maximum absolute atomic E-state index is 11.9. The molecule has 32 heavy (non-hydrogen) atoms. The van der Waals surface area contributed by atoms with Crippen LogP contribution < -0.4 is 0 Å². The second-order valence-corrected chi connectivity index (χ2v) is 8.43. The molecular weight excluding hydrogens is 456 g/mol. The van der Waals surface area contributed by atoms with Crippen molar-refractivity contribution in [3.63, 3.8) is 0 Å². The smallest absolute Gasteiger partial charge is 0.336 e. The Morgan fingerprint density at radius 2 is 0.781 bits per heavy atom. The van der Waals surface area contributed by atoms with Gasteiger partial charge >= 0.3 is 23.9 Å². The number of rotatable bonds is 8. The predicted molar refractivity (Wildman–Crippen MR) is 115 cm³/mol. The van der Waals surface area contributed by atoms with Gasteiger partial charge in [0.15, 0.2) is 0 Å². The summed E-state index contributed by atoms with van der Waals surface area (Å²) in [6.07, 6.45) is 0. The Bertz CT molecular complexity index is 1160. The number of carboxylic acid groups (broad SMARTS) is 4. The summed E-state index contributed by atoms with van der Waals surface area (Å²) in [7, 11) is 0. The summed E-state index contributed by atoms with van der Waals surface area (Å²) >= 11 is 1.65. The first-order valence-electron chi connectivity index (χ1n) is 8.84. The van der Waals surface area contributed by atoms with Crippen LogP contribution in [0.4, 0.5) is 0 Å². The zero-order chi connectivity index (χ0) is 23.4. The highest BCUT2D eigenvalue weighted by Crippen LogP contribution is 2.39. The van der Waals surface area contributed by atoms with Gasteiger partial charge in [0.2, 0.25) is 0 Å². The average Bonchev–Trinajstić information content (AvgIpc) is 2.74. The largest absolute Gasteiger partial charge is 0.478 e. The van der Waals surface area contributed by atoms with Gasteiger partial charge in [0.05, 0.1) is 22.3 Å². The van der Waals surface area contributed by atoms with Crippen LogP contribution in [0, 0.1) is 0 Å². The molecule has 0 fully saturated rings. The van der Waals surface area contributed by atoms with E-state index in [1.807, 2.05) is 0 Å². The normalized spacial score (nSPS) is 10.5.